The predicted molar refractivity (Wildman–Crippen MR) is 72.7 cm³/mol. The van der Waals surface area contributed by atoms with Crippen LogP contribution in [0.5, 0.6) is 0 Å². The van der Waals surface area contributed by atoms with Crippen molar-refractivity contribution in [3.05, 3.63) is 16.9 Å². The molecule has 1 atom stereocenters. The van der Waals surface area contributed by atoms with Gasteiger partial charge in [-0.25, -0.2) is 0 Å². The van der Waals surface area contributed by atoms with Crippen LogP contribution in [0.3, 0.4) is 0 Å². The molecule has 1 aliphatic heterocycles. The van der Waals surface area contributed by atoms with Crippen molar-refractivity contribution in [2.45, 2.75) is 44.8 Å². The van der Waals surface area contributed by atoms with E-state index in [1.165, 1.54) is 0 Å². The van der Waals surface area contributed by atoms with Crippen LogP contribution in [-0.4, -0.2) is 38.9 Å². The molecule has 0 aliphatic carbocycles. The second kappa shape index (κ2) is 5.19. The second-order valence-corrected chi connectivity index (χ2v) is 5.89. The van der Waals surface area contributed by atoms with Gasteiger partial charge in [-0.05, 0) is 39.7 Å². The maximum absolute atomic E-state index is 10.9. The third kappa shape index (κ3) is 2.56. The molecule has 2 heterocycles. The Balaban J connectivity index is 2.22. The fraction of sp³-hybridized carbons (Fsp3) is 0.769. The average Bonchev–Trinajstić information content (AvgIpc) is 2.52. The molecule has 0 aromatic carbocycles. The van der Waals surface area contributed by atoms with E-state index in [0.29, 0.717) is 17.5 Å². The molecule has 1 aromatic heterocycles. The summed E-state index contributed by atoms with van der Waals surface area (Å²) < 4.78 is 1.70. The molecule has 1 aliphatic rings. The van der Waals surface area contributed by atoms with Crippen molar-refractivity contribution in [2.75, 3.05) is 13.1 Å². The van der Waals surface area contributed by atoms with Gasteiger partial charge in [-0.1, -0.05) is 11.6 Å². The summed E-state index contributed by atoms with van der Waals surface area (Å²) >= 11 is 6.16. The Labute approximate surface area is 114 Å². The van der Waals surface area contributed by atoms with E-state index >= 15 is 0 Å². The number of hydrogen-bond donors (Lipinski definition) is 1. The van der Waals surface area contributed by atoms with E-state index in [4.69, 9.17) is 11.6 Å². The van der Waals surface area contributed by atoms with E-state index in [-0.39, 0.29) is 0 Å². The highest BCUT2D eigenvalue weighted by atomic mass is 35.5. The van der Waals surface area contributed by atoms with E-state index in [2.05, 4.69) is 23.8 Å². The molecule has 1 saturated heterocycles. The Morgan fingerprint density at radius 1 is 1.39 bits per heavy atom. The van der Waals surface area contributed by atoms with Gasteiger partial charge in [0, 0.05) is 19.6 Å². The second-order valence-electron chi connectivity index (χ2n) is 5.48. The fourth-order valence-electron chi connectivity index (χ4n) is 2.83. The van der Waals surface area contributed by atoms with Crippen LogP contribution in [0.1, 0.15) is 38.8 Å². The summed E-state index contributed by atoms with van der Waals surface area (Å²) in [6.07, 6.45) is 4.05. The first kappa shape index (κ1) is 13.8. The lowest BCUT2D eigenvalue weighted by Crippen LogP contribution is -2.34. The topological polar surface area (TPSA) is 41.3 Å². The summed E-state index contributed by atoms with van der Waals surface area (Å²) in [6, 6.07) is 0.523. The van der Waals surface area contributed by atoms with Gasteiger partial charge in [-0.3, -0.25) is 4.68 Å². The van der Waals surface area contributed by atoms with Gasteiger partial charge in [0.05, 0.1) is 16.9 Å². The Morgan fingerprint density at radius 3 is 2.67 bits per heavy atom. The van der Waals surface area contributed by atoms with Crippen molar-refractivity contribution in [2.24, 2.45) is 7.05 Å². The first-order chi connectivity index (χ1) is 8.44. The molecular formula is C13H22ClN3O. The van der Waals surface area contributed by atoms with Crippen molar-refractivity contribution in [3.8, 4) is 0 Å². The van der Waals surface area contributed by atoms with Crippen LogP contribution < -0.4 is 0 Å². The van der Waals surface area contributed by atoms with Gasteiger partial charge in [-0.2, -0.15) is 5.10 Å². The normalized spacial score (nSPS) is 26.6. The van der Waals surface area contributed by atoms with Gasteiger partial charge in [0.25, 0.3) is 0 Å². The molecule has 0 amide bonds. The minimum absolute atomic E-state index is 0.523. The molecule has 1 unspecified atom stereocenters. The largest absolute Gasteiger partial charge is 0.383 e. The molecule has 1 fully saturated rings. The smallest absolute Gasteiger partial charge is 0.109 e. The van der Waals surface area contributed by atoms with Crippen LogP contribution in [-0.2, 0) is 12.6 Å². The minimum Gasteiger partial charge on any atom is -0.383 e. The van der Waals surface area contributed by atoms with E-state index < -0.39 is 5.60 Å². The Kier molecular flexibility index (Phi) is 3.99. The molecule has 0 bridgehead atoms. The first-order valence-electron chi connectivity index (χ1n) is 6.58. The SMILES string of the molecule is CC(C)N1CCCC(O)(c2c(Cl)cnn2C)CC1. The zero-order chi connectivity index (χ0) is 13.3. The van der Waals surface area contributed by atoms with Crippen molar-refractivity contribution >= 4 is 11.6 Å². The molecule has 1 aromatic rings. The number of likely N-dealkylation sites (tertiary alicyclic amines) is 1. The van der Waals surface area contributed by atoms with Crippen molar-refractivity contribution in [3.63, 3.8) is 0 Å². The molecule has 5 heteroatoms. The molecule has 0 saturated carbocycles. The van der Waals surface area contributed by atoms with Crippen molar-refractivity contribution < 1.29 is 5.11 Å². The highest BCUT2D eigenvalue weighted by Crippen LogP contribution is 2.36. The summed E-state index contributed by atoms with van der Waals surface area (Å²) in [4.78, 5) is 2.41. The summed E-state index contributed by atoms with van der Waals surface area (Å²) in [7, 11) is 1.84. The maximum atomic E-state index is 10.9. The fourth-order valence-corrected chi connectivity index (χ4v) is 3.17. The Hall–Kier alpha value is -0.580. The summed E-state index contributed by atoms with van der Waals surface area (Å²) in [5.74, 6) is 0. The van der Waals surface area contributed by atoms with E-state index in [1.807, 2.05) is 7.05 Å². The third-order valence-electron chi connectivity index (χ3n) is 3.91. The number of halogens is 1. The average molecular weight is 272 g/mol. The molecule has 2 rings (SSSR count). The first-order valence-corrected chi connectivity index (χ1v) is 6.96. The van der Waals surface area contributed by atoms with E-state index in [9.17, 15) is 5.11 Å². The van der Waals surface area contributed by atoms with Gasteiger partial charge in [0.1, 0.15) is 5.60 Å². The molecule has 18 heavy (non-hydrogen) atoms. The highest BCUT2D eigenvalue weighted by molar-refractivity contribution is 6.31. The van der Waals surface area contributed by atoms with Crippen LogP contribution >= 0.6 is 11.6 Å². The summed E-state index contributed by atoms with van der Waals surface area (Å²) in [5.41, 5.74) is -0.0822. The van der Waals surface area contributed by atoms with Crippen molar-refractivity contribution in [1.82, 2.24) is 14.7 Å². The van der Waals surface area contributed by atoms with Crippen molar-refractivity contribution in [1.29, 1.82) is 0 Å². The summed E-state index contributed by atoms with van der Waals surface area (Å²) in [5, 5.41) is 15.6. The highest BCUT2D eigenvalue weighted by Gasteiger charge is 2.36. The Bertz CT molecular complexity index is 399. The Morgan fingerprint density at radius 2 is 2.11 bits per heavy atom. The van der Waals surface area contributed by atoms with E-state index in [1.54, 1.807) is 10.9 Å². The zero-order valence-electron chi connectivity index (χ0n) is 11.4. The van der Waals surface area contributed by atoms with Crippen LogP contribution in [0, 0.1) is 0 Å². The minimum atomic E-state index is -0.841. The monoisotopic (exact) mass is 271 g/mol. The standard InChI is InChI=1S/C13H22ClN3O/c1-10(2)17-7-4-5-13(18,6-8-17)12-11(14)9-15-16(12)3/h9-10,18H,4-8H2,1-3H3. The molecule has 0 spiro atoms. The van der Waals surface area contributed by atoms with Gasteiger partial charge < -0.3 is 10.0 Å². The molecule has 1 N–H and O–H groups in total. The van der Waals surface area contributed by atoms with Gasteiger partial charge in [0.15, 0.2) is 0 Å². The lowest BCUT2D eigenvalue weighted by molar-refractivity contribution is 0.0127. The number of aromatic nitrogens is 2. The van der Waals surface area contributed by atoms with E-state index in [0.717, 1.165) is 31.6 Å². The van der Waals surface area contributed by atoms with Crippen LogP contribution in [0.2, 0.25) is 5.02 Å². The predicted octanol–water partition coefficient (Wildman–Crippen LogP) is 2.16. The van der Waals surface area contributed by atoms with Crippen LogP contribution in [0.4, 0.5) is 0 Å². The lowest BCUT2D eigenvalue weighted by Gasteiger charge is -2.28. The maximum Gasteiger partial charge on any atom is 0.109 e. The van der Waals surface area contributed by atoms with Gasteiger partial charge in [0.2, 0.25) is 0 Å². The van der Waals surface area contributed by atoms with Crippen LogP contribution in [0.15, 0.2) is 6.20 Å². The quantitative estimate of drug-likeness (QED) is 0.896. The third-order valence-corrected chi connectivity index (χ3v) is 4.19. The number of nitrogens with zero attached hydrogens (tertiary/aromatic N) is 3. The summed E-state index contributed by atoms with van der Waals surface area (Å²) in [6.45, 7) is 6.33. The van der Waals surface area contributed by atoms with Gasteiger partial charge in [-0.15, -0.1) is 0 Å². The van der Waals surface area contributed by atoms with Gasteiger partial charge >= 0.3 is 0 Å². The molecule has 4 nitrogen and oxygen atoms in total. The molecular weight excluding hydrogens is 250 g/mol. The zero-order valence-corrected chi connectivity index (χ0v) is 12.1. The number of hydrogen-bond acceptors (Lipinski definition) is 3. The van der Waals surface area contributed by atoms with Crippen LogP contribution in [0.25, 0.3) is 0 Å². The number of aryl methyl sites for hydroxylation is 1. The lowest BCUT2D eigenvalue weighted by atomic mass is 9.91. The number of aliphatic hydroxyl groups is 1. The molecule has 0 radical (unpaired) electrons. The molecule has 102 valence electrons. The number of rotatable bonds is 2.